The van der Waals surface area contributed by atoms with Crippen molar-refractivity contribution in [1.29, 1.82) is 0 Å². The van der Waals surface area contributed by atoms with Gasteiger partial charge in [0.1, 0.15) is 17.2 Å². The molecule has 16 heteroatoms. The lowest BCUT2D eigenvalue weighted by molar-refractivity contribution is -0.137. The smallest absolute Gasteiger partial charge is 0.353 e. The van der Waals surface area contributed by atoms with Gasteiger partial charge in [-0.05, 0) is 36.4 Å². The van der Waals surface area contributed by atoms with E-state index >= 15 is 0 Å². The minimum atomic E-state index is -5.00. The van der Waals surface area contributed by atoms with Crippen LogP contribution in [0, 0.1) is 11.6 Å². The molecule has 2 N–H and O–H groups in total. The summed E-state index contributed by atoms with van der Waals surface area (Å²) in [6.45, 7) is -1.04. The van der Waals surface area contributed by atoms with Crippen molar-refractivity contribution in [2.75, 3.05) is 5.32 Å². The Morgan fingerprint density at radius 1 is 1.12 bits per heavy atom. The maximum Gasteiger partial charge on any atom is 0.420 e. The molecule has 3 aromatic carbocycles. The predicted molar refractivity (Wildman–Crippen MR) is 136 cm³/mol. The topological polar surface area (TPSA) is 94.1 Å². The molecule has 2 aromatic heterocycles. The van der Waals surface area contributed by atoms with Crippen LogP contribution in [0.25, 0.3) is 22.0 Å². The van der Waals surface area contributed by atoms with Gasteiger partial charge in [0.25, 0.3) is 12.3 Å². The highest BCUT2D eigenvalue weighted by atomic mass is 35.5. The van der Waals surface area contributed by atoms with Crippen molar-refractivity contribution in [3.63, 3.8) is 0 Å². The molecule has 0 saturated carbocycles. The highest BCUT2D eigenvalue weighted by Gasteiger charge is 2.39. The molecule has 0 saturated heterocycles. The van der Waals surface area contributed by atoms with Gasteiger partial charge in [0.05, 0.1) is 34.6 Å². The van der Waals surface area contributed by atoms with Crippen LogP contribution in [0.4, 0.5) is 42.2 Å². The number of carbonyl (C=O) groups is 1. The van der Waals surface area contributed by atoms with Crippen molar-refractivity contribution in [3.8, 4) is 0 Å². The van der Waals surface area contributed by atoms with Gasteiger partial charge < -0.3 is 15.2 Å². The number of alkyl halides is 5. The first-order valence-electron chi connectivity index (χ1n) is 12.0. The van der Waals surface area contributed by atoms with Crippen LogP contribution in [0.15, 0.2) is 45.7 Å². The zero-order valence-electron chi connectivity index (χ0n) is 20.9. The summed E-state index contributed by atoms with van der Waals surface area (Å²) in [5, 5.41) is 8.57. The molecule has 8 nitrogen and oxygen atoms in total. The fourth-order valence-corrected chi connectivity index (χ4v) is 5.45. The molecule has 218 valence electrons. The fraction of sp³-hybridized carbons (Fsp3) is 0.192. The Hall–Kier alpha value is -4.53. The van der Waals surface area contributed by atoms with Gasteiger partial charge in [-0.3, -0.25) is 13.9 Å². The van der Waals surface area contributed by atoms with Gasteiger partial charge in [0.2, 0.25) is 0 Å². The van der Waals surface area contributed by atoms with Crippen LogP contribution in [0.3, 0.4) is 0 Å². The Balaban J connectivity index is 1.65. The molecule has 42 heavy (non-hydrogen) atoms. The quantitative estimate of drug-likeness (QED) is 0.228. The van der Waals surface area contributed by atoms with Crippen LogP contribution in [-0.2, 0) is 19.8 Å². The maximum atomic E-state index is 14.3. The van der Waals surface area contributed by atoms with Crippen LogP contribution >= 0.6 is 11.6 Å². The van der Waals surface area contributed by atoms with E-state index in [1.165, 1.54) is 19.2 Å². The number of amides is 1. The minimum absolute atomic E-state index is 0.0357. The summed E-state index contributed by atoms with van der Waals surface area (Å²) in [6.07, 6.45) is -7.96. The van der Waals surface area contributed by atoms with Crippen LogP contribution in [0.1, 0.15) is 33.1 Å². The Kier molecular flexibility index (Phi) is 6.25. The summed E-state index contributed by atoms with van der Waals surface area (Å²) in [6, 6.07) is 4.38. The number of hydrogen-bond donors (Lipinski definition) is 2. The van der Waals surface area contributed by atoms with Crippen molar-refractivity contribution in [2.45, 2.75) is 25.2 Å². The highest BCUT2D eigenvalue weighted by molar-refractivity contribution is 6.31. The van der Waals surface area contributed by atoms with Crippen molar-refractivity contribution in [2.24, 2.45) is 7.05 Å². The van der Waals surface area contributed by atoms with Crippen LogP contribution in [0.5, 0.6) is 0 Å². The lowest BCUT2D eigenvalue weighted by Crippen LogP contribution is -2.25. The highest BCUT2D eigenvalue weighted by Crippen LogP contribution is 2.45. The number of aryl methyl sites for hydroxylation is 1. The molecular weight excluding hydrogens is 599 g/mol. The Bertz CT molecular complexity index is 2000. The molecule has 1 aliphatic rings. The molecule has 0 aliphatic carbocycles. The molecule has 6 rings (SSSR count). The third-order valence-corrected chi connectivity index (χ3v) is 7.28. The monoisotopic (exact) mass is 613 g/mol. The second-order valence-electron chi connectivity index (χ2n) is 9.48. The van der Waals surface area contributed by atoms with Crippen LogP contribution in [-0.4, -0.2) is 26.6 Å². The number of rotatable bonds is 5. The van der Waals surface area contributed by atoms with Crippen molar-refractivity contribution in [1.82, 2.24) is 19.6 Å². The van der Waals surface area contributed by atoms with Crippen LogP contribution in [0.2, 0.25) is 5.02 Å². The van der Waals surface area contributed by atoms with Gasteiger partial charge in [-0.2, -0.15) is 13.2 Å². The van der Waals surface area contributed by atoms with E-state index in [9.17, 15) is 40.3 Å². The number of hydrogen-bond acceptors (Lipinski definition) is 5. The second kappa shape index (κ2) is 9.51. The molecule has 1 aliphatic heterocycles. The zero-order chi connectivity index (χ0) is 30.2. The lowest BCUT2D eigenvalue weighted by Gasteiger charge is -2.18. The number of benzene rings is 3. The maximum absolute atomic E-state index is 14.3. The standard InChI is InChI=1S/C26H15ClF7N5O3/c1-38-21-16(39(25(38)41)8-17(30)31)7-15(18-19(21)24(40)36-20(18)11-4-9(28)2-3-14(11)27)35-23-12-5-10(29)6-13(26(32,33)34)22(12)42-37-23/h2-7,17,20H,8H2,1H3,(H,35,37)(H,36,40). The number of imidazole rings is 1. The summed E-state index contributed by atoms with van der Waals surface area (Å²) in [7, 11) is 1.27. The van der Waals surface area contributed by atoms with E-state index in [1.54, 1.807) is 0 Å². The second-order valence-corrected chi connectivity index (χ2v) is 9.89. The average Bonchev–Trinajstić information content (AvgIpc) is 3.53. The number of carbonyl (C=O) groups excluding carboxylic acids is 1. The third kappa shape index (κ3) is 4.26. The largest absolute Gasteiger partial charge is 0.420 e. The van der Waals surface area contributed by atoms with Crippen molar-refractivity contribution < 1.29 is 40.1 Å². The molecule has 1 unspecified atom stereocenters. The van der Waals surface area contributed by atoms with Crippen molar-refractivity contribution >= 4 is 51.0 Å². The lowest BCUT2D eigenvalue weighted by atomic mass is 9.95. The van der Waals surface area contributed by atoms with Gasteiger partial charge in [-0.1, -0.05) is 16.8 Å². The van der Waals surface area contributed by atoms with E-state index < -0.39 is 70.8 Å². The fourth-order valence-electron chi connectivity index (χ4n) is 5.23. The number of halogens is 8. The van der Waals surface area contributed by atoms with E-state index in [1.807, 2.05) is 0 Å². The molecule has 0 fully saturated rings. The van der Waals surface area contributed by atoms with E-state index in [2.05, 4.69) is 15.8 Å². The van der Waals surface area contributed by atoms with E-state index in [0.717, 1.165) is 27.3 Å². The summed E-state index contributed by atoms with van der Waals surface area (Å²) in [5.41, 5.74) is -3.42. The first kappa shape index (κ1) is 27.6. The Morgan fingerprint density at radius 3 is 2.55 bits per heavy atom. The normalized spacial score (nSPS) is 15.2. The number of fused-ring (bicyclic) bond motifs is 4. The van der Waals surface area contributed by atoms with Crippen molar-refractivity contribution in [3.05, 3.63) is 85.8 Å². The third-order valence-electron chi connectivity index (χ3n) is 6.94. The van der Waals surface area contributed by atoms with Gasteiger partial charge in [0.15, 0.2) is 11.4 Å². The SMILES string of the molecule is Cn1c(=O)n(CC(F)F)c2cc(Nc3noc4c(C(F)(F)F)cc(F)cc34)c3c(c21)C(=O)NC3c1cc(F)ccc1Cl. The van der Waals surface area contributed by atoms with Crippen LogP contribution < -0.4 is 16.3 Å². The van der Waals surface area contributed by atoms with Gasteiger partial charge in [-0.25, -0.2) is 22.4 Å². The Morgan fingerprint density at radius 2 is 1.86 bits per heavy atom. The number of nitrogens with one attached hydrogen (secondary N) is 2. The van der Waals surface area contributed by atoms with Gasteiger partial charge in [0, 0.05) is 28.9 Å². The summed E-state index contributed by atoms with van der Waals surface area (Å²) < 4.78 is 103. The summed E-state index contributed by atoms with van der Waals surface area (Å²) >= 11 is 6.32. The molecule has 0 spiro atoms. The zero-order valence-corrected chi connectivity index (χ0v) is 21.7. The number of nitrogens with zero attached hydrogens (tertiary/aromatic N) is 3. The Labute approximate surface area is 234 Å². The number of aromatic nitrogens is 3. The summed E-state index contributed by atoms with van der Waals surface area (Å²) in [4.78, 5) is 26.3. The van der Waals surface area contributed by atoms with E-state index in [0.29, 0.717) is 0 Å². The first-order valence-corrected chi connectivity index (χ1v) is 12.4. The van der Waals surface area contributed by atoms with Gasteiger partial charge >= 0.3 is 11.9 Å². The van der Waals surface area contributed by atoms with E-state index in [-0.39, 0.29) is 44.5 Å². The molecule has 0 bridgehead atoms. The summed E-state index contributed by atoms with van der Waals surface area (Å²) in [5.74, 6) is -3.15. The average molecular weight is 614 g/mol. The molecule has 3 heterocycles. The van der Waals surface area contributed by atoms with E-state index in [4.69, 9.17) is 16.1 Å². The molecular formula is C26H15ClF7N5O3. The van der Waals surface area contributed by atoms with Gasteiger partial charge in [-0.15, -0.1) is 0 Å². The first-order chi connectivity index (χ1) is 19.8. The molecule has 1 amide bonds. The molecule has 5 aromatic rings. The molecule has 0 radical (unpaired) electrons. The number of anilines is 2. The minimum Gasteiger partial charge on any atom is -0.353 e. The predicted octanol–water partition coefficient (Wildman–Crippen LogP) is 6.27. The molecule has 1 atom stereocenters.